The van der Waals surface area contributed by atoms with E-state index in [9.17, 15) is 18.7 Å². The highest BCUT2D eigenvalue weighted by Gasteiger charge is 2.41. The molecule has 0 unspecified atom stereocenters. The van der Waals surface area contributed by atoms with Crippen molar-refractivity contribution >= 4 is 5.91 Å². The van der Waals surface area contributed by atoms with Crippen LogP contribution >= 0.6 is 0 Å². The molecule has 1 saturated heterocycles. The zero-order valence-electron chi connectivity index (χ0n) is 13.1. The molecular weight excluding hydrogens is 302 g/mol. The van der Waals surface area contributed by atoms with E-state index < -0.39 is 17.7 Å². The van der Waals surface area contributed by atoms with Crippen molar-refractivity contribution in [1.82, 2.24) is 10.2 Å². The first-order chi connectivity index (χ1) is 10.9. The standard InChI is InChI=1S/C17H22F2N2O2/c1-10(22)20-16-5-12-8-21(9-13(12)6-17(16)23)7-11-2-3-14(18)15(19)4-11/h2-4,12-13,16-17,23H,5-9H2,1H3,(H,20,22)/t12-,13+,16-,17-/m1/s1. The molecule has 1 saturated carbocycles. The number of fused-ring (bicyclic) bond motifs is 1. The Labute approximate surface area is 134 Å². The van der Waals surface area contributed by atoms with E-state index in [1.54, 1.807) is 6.07 Å². The lowest BCUT2D eigenvalue weighted by atomic mass is 9.77. The second-order valence-corrected chi connectivity index (χ2v) is 6.81. The molecule has 1 aromatic rings. The molecule has 6 heteroatoms. The van der Waals surface area contributed by atoms with E-state index in [-0.39, 0.29) is 11.9 Å². The third-order valence-corrected chi connectivity index (χ3v) is 5.00. The van der Waals surface area contributed by atoms with Crippen LogP contribution in [0.4, 0.5) is 8.78 Å². The number of amides is 1. The van der Waals surface area contributed by atoms with Crippen LogP contribution in [-0.2, 0) is 11.3 Å². The lowest BCUT2D eigenvalue weighted by Gasteiger charge is -2.35. The molecule has 0 bridgehead atoms. The van der Waals surface area contributed by atoms with Crippen molar-refractivity contribution in [1.29, 1.82) is 0 Å². The number of aliphatic hydroxyl groups is 1. The summed E-state index contributed by atoms with van der Waals surface area (Å²) in [5.74, 6) is -0.963. The quantitative estimate of drug-likeness (QED) is 0.889. The molecule has 2 N–H and O–H groups in total. The third kappa shape index (κ3) is 3.70. The Balaban J connectivity index is 1.61. The molecule has 0 spiro atoms. The van der Waals surface area contributed by atoms with Crippen LogP contribution in [0.5, 0.6) is 0 Å². The monoisotopic (exact) mass is 324 g/mol. The Bertz CT molecular complexity index is 596. The van der Waals surface area contributed by atoms with Crippen LogP contribution in [0.1, 0.15) is 25.3 Å². The summed E-state index contributed by atoms with van der Waals surface area (Å²) in [6.45, 7) is 3.73. The van der Waals surface area contributed by atoms with Gasteiger partial charge in [0.2, 0.25) is 5.91 Å². The van der Waals surface area contributed by atoms with E-state index in [0.717, 1.165) is 31.1 Å². The first-order valence-electron chi connectivity index (χ1n) is 8.04. The highest BCUT2D eigenvalue weighted by atomic mass is 19.2. The lowest BCUT2D eigenvalue weighted by Crippen LogP contribution is -2.48. The van der Waals surface area contributed by atoms with Crippen molar-refractivity contribution in [2.24, 2.45) is 11.8 Å². The molecule has 2 fully saturated rings. The largest absolute Gasteiger partial charge is 0.391 e. The minimum atomic E-state index is -0.829. The Morgan fingerprint density at radius 3 is 2.61 bits per heavy atom. The van der Waals surface area contributed by atoms with E-state index >= 15 is 0 Å². The molecule has 3 rings (SSSR count). The lowest BCUT2D eigenvalue weighted by molar-refractivity contribution is -0.121. The molecule has 1 aliphatic heterocycles. The highest BCUT2D eigenvalue weighted by Crippen LogP contribution is 2.37. The number of aliphatic hydroxyl groups excluding tert-OH is 1. The van der Waals surface area contributed by atoms with Crippen LogP contribution in [0.15, 0.2) is 18.2 Å². The van der Waals surface area contributed by atoms with Crippen molar-refractivity contribution < 1.29 is 18.7 Å². The summed E-state index contributed by atoms with van der Waals surface area (Å²) in [7, 11) is 0. The van der Waals surface area contributed by atoms with Gasteiger partial charge in [0.15, 0.2) is 11.6 Å². The highest BCUT2D eigenvalue weighted by molar-refractivity contribution is 5.73. The van der Waals surface area contributed by atoms with Gasteiger partial charge in [-0.2, -0.15) is 0 Å². The zero-order chi connectivity index (χ0) is 16.6. The Kier molecular flexibility index (Phi) is 4.64. The Hall–Kier alpha value is -1.53. The number of nitrogens with zero attached hydrogens (tertiary/aromatic N) is 1. The van der Waals surface area contributed by atoms with Crippen molar-refractivity contribution in [3.8, 4) is 0 Å². The summed E-state index contributed by atoms with van der Waals surface area (Å²) in [6.07, 6.45) is 0.923. The number of rotatable bonds is 3. The Morgan fingerprint density at radius 2 is 1.96 bits per heavy atom. The molecule has 23 heavy (non-hydrogen) atoms. The molecule has 1 aliphatic carbocycles. The molecule has 4 atom stereocenters. The average molecular weight is 324 g/mol. The third-order valence-electron chi connectivity index (χ3n) is 5.00. The number of nitrogens with one attached hydrogen (secondary N) is 1. The number of benzene rings is 1. The summed E-state index contributed by atoms with van der Waals surface area (Å²) in [4.78, 5) is 13.4. The SMILES string of the molecule is CC(=O)N[C@@H]1C[C@@H]2CN(Cc3ccc(F)c(F)c3)C[C@@H]2C[C@H]1O. The van der Waals surface area contributed by atoms with Crippen LogP contribution in [0.3, 0.4) is 0 Å². The maximum atomic E-state index is 13.3. The van der Waals surface area contributed by atoms with Crippen LogP contribution in [-0.4, -0.2) is 41.1 Å². The molecule has 0 aromatic heterocycles. The molecule has 126 valence electrons. The summed E-state index contributed by atoms with van der Waals surface area (Å²) in [5, 5.41) is 13.0. The predicted octanol–water partition coefficient (Wildman–Crippen LogP) is 1.67. The van der Waals surface area contributed by atoms with Gasteiger partial charge < -0.3 is 10.4 Å². The molecule has 2 aliphatic rings. The fourth-order valence-corrected chi connectivity index (χ4v) is 3.97. The topological polar surface area (TPSA) is 52.6 Å². The minimum Gasteiger partial charge on any atom is -0.391 e. The van der Waals surface area contributed by atoms with Gasteiger partial charge in [0.05, 0.1) is 12.1 Å². The summed E-state index contributed by atoms with van der Waals surface area (Å²) < 4.78 is 26.3. The van der Waals surface area contributed by atoms with Crippen molar-refractivity contribution in [3.05, 3.63) is 35.4 Å². The van der Waals surface area contributed by atoms with E-state index in [4.69, 9.17) is 0 Å². The van der Waals surface area contributed by atoms with E-state index in [2.05, 4.69) is 10.2 Å². The van der Waals surface area contributed by atoms with Crippen LogP contribution < -0.4 is 5.32 Å². The molecule has 1 amide bonds. The molecule has 0 radical (unpaired) electrons. The van der Waals surface area contributed by atoms with Gasteiger partial charge in [0.1, 0.15) is 0 Å². The first kappa shape index (κ1) is 16.3. The van der Waals surface area contributed by atoms with Gasteiger partial charge in [0.25, 0.3) is 0 Å². The normalized spacial score (nSPS) is 31.0. The summed E-state index contributed by atoms with van der Waals surface area (Å²) >= 11 is 0. The van der Waals surface area contributed by atoms with Gasteiger partial charge in [-0.3, -0.25) is 9.69 Å². The summed E-state index contributed by atoms with van der Waals surface area (Å²) in [5.41, 5.74) is 0.751. The van der Waals surface area contributed by atoms with Crippen LogP contribution in [0, 0.1) is 23.5 Å². The van der Waals surface area contributed by atoms with E-state index in [1.165, 1.54) is 13.0 Å². The van der Waals surface area contributed by atoms with Crippen molar-refractivity contribution in [3.63, 3.8) is 0 Å². The van der Waals surface area contributed by atoms with Crippen molar-refractivity contribution in [2.45, 2.75) is 38.5 Å². The maximum absolute atomic E-state index is 13.3. The van der Waals surface area contributed by atoms with Gasteiger partial charge in [-0.1, -0.05) is 6.07 Å². The zero-order valence-corrected chi connectivity index (χ0v) is 13.1. The molecule has 4 nitrogen and oxygen atoms in total. The fraction of sp³-hybridized carbons (Fsp3) is 0.588. The van der Waals surface area contributed by atoms with E-state index in [0.29, 0.717) is 24.8 Å². The van der Waals surface area contributed by atoms with Crippen LogP contribution in [0.2, 0.25) is 0 Å². The maximum Gasteiger partial charge on any atom is 0.217 e. The Morgan fingerprint density at radius 1 is 1.26 bits per heavy atom. The van der Waals surface area contributed by atoms with Crippen molar-refractivity contribution in [2.75, 3.05) is 13.1 Å². The molecule has 1 aromatic carbocycles. The average Bonchev–Trinajstić information content (AvgIpc) is 2.84. The number of halogens is 2. The molecule has 1 heterocycles. The van der Waals surface area contributed by atoms with Crippen LogP contribution in [0.25, 0.3) is 0 Å². The van der Waals surface area contributed by atoms with Gasteiger partial charge in [0, 0.05) is 26.6 Å². The number of carbonyl (C=O) groups excluding carboxylic acids is 1. The van der Waals surface area contributed by atoms with Gasteiger partial charge >= 0.3 is 0 Å². The number of hydrogen-bond acceptors (Lipinski definition) is 3. The second kappa shape index (κ2) is 6.53. The predicted molar refractivity (Wildman–Crippen MR) is 81.5 cm³/mol. The van der Waals surface area contributed by atoms with Gasteiger partial charge in [-0.25, -0.2) is 8.78 Å². The number of likely N-dealkylation sites (tertiary alicyclic amines) is 1. The number of hydrogen-bond donors (Lipinski definition) is 2. The minimum absolute atomic E-state index is 0.121. The summed E-state index contributed by atoms with van der Waals surface area (Å²) in [6, 6.07) is 3.82. The molecular formula is C17H22F2N2O2. The number of carbonyl (C=O) groups is 1. The smallest absolute Gasteiger partial charge is 0.217 e. The fourth-order valence-electron chi connectivity index (χ4n) is 3.97. The van der Waals surface area contributed by atoms with Gasteiger partial charge in [-0.05, 0) is 42.4 Å². The first-order valence-corrected chi connectivity index (χ1v) is 8.04. The van der Waals surface area contributed by atoms with E-state index in [1.807, 2.05) is 0 Å². The van der Waals surface area contributed by atoms with Gasteiger partial charge in [-0.15, -0.1) is 0 Å². The second-order valence-electron chi connectivity index (χ2n) is 6.81.